The first kappa shape index (κ1) is 19.0. The Bertz CT molecular complexity index is 1070. The van der Waals surface area contributed by atoms with Gasteiger partial charge in [-0.15, -0.1) is 0 Å². The van der Waals surface area contributed by atoms with Crippen LogP contribution in [0.15, 0.2) is 54.6 Å². The predicted octanol–water partition coefficient (Wildman–Crippen LogP) is 4.05. The van der Waals surface area contributed by atoms with E-state index in [1.165, 1.54) is 36.4 Å². The van der Waals surface area contributed by atoms with Crippen molar-refractivity contribution in [3.8, 4) is 5.75 Å². The van der Waals surface area contributed by atoms with Gasteiger partial charge in [-0.1, -0.05) is 23.8 Å². The molecule has 1 saturated carbocycles. The molecule has 7 heteroatoms. The zero-order valence-corrected chi connectivity index (χ0v) is 16.5. The minimum absolute atomic E-state index is 0.0880. The molecule has 2 fully saturated rings. The molecule has 5 nitrogen and oxygen atoms in total. The summed E-state index contributed by atoms with van der Waals surface area (Å²) in [6.45, 7) is -0.323. The molecule has 0 N–H and O–H groups in total. The Morgan fingerprint density at radius 2 is 1.67 bits per heavy atom. The number of rotatable bonds is 5. The Kier molecular flexibility index (Phi) is 4.47. The maximum absolute atomic E-state index is 13.1. The molecule has 3 aliphatic rings. The van der Waals surface area contributed by atoms with Crippen LogP contribution < -0.4 is 9.64 Å². The van der Waals surface area contributed by atoms with Gasteiger partial charge in [0, 0.05) is 10.6 Å². The number of anilines is 1. The van der Waals surface area contributed by atoms with Crippen LogP contribution >= 0.6 is 11.6 Å². The van der Waals surface area contributed by atoms with Crippen LogP contribution in [-0.2, 0) is 9.59 Å². The summed E-state index contributed by atoms with van der Waals surface area (Å²) in [5.41, 5.74) is 0.552. The van der Waals surface area contributed by atoms with E-state index in [1.807, 2.05) is 12.2 Å². The van der Waals surface area contributed by atoms with Gasteiger partial charge in [0.1, 0.15) is 11.6 Å². The molecule has 2 bridgehead atoms. The second-order valence-corrected chi connectivity index (χ2v) is 8.28. The van der Waals surface area contributed by atoms with Gasteiger partial charge in [0.2, 0.25) is 11.8 Å². The van der Waals surface area contributed by atoms with E-state index in [0.29, 0.717) is 10.6 Å². The fraction of sp³-hybridized carbons (Fsp3) is 0.261. The molecule has 4 atom stereocenters. The summed E-state index contributed by atoms with van der Waals surface area (Å²) in [6.07, 6.45) is 4.89. The molecule has 0 aromatic heterocycles. The molecule has 2 amide bonds. The zero-order valence-electron chi connectivity index (χ0n) is 15.8. The fourth-order valence-electron chi connectivity index (χ4n) is 4.79. The maximum atomic E-state index is 13.1. The number of amides is 2. The third-order valence-electron chi connectivity index (χ3n) is 6.16. The summed E-state index contributed by atoms with van der Waals surface area (Å²) in [7, 11) is 0. The summed E-state index contributed by atoms with van der Waals surface area (Å²) < 4.78 is 18.7. The van der Waals surface area contributed by atoms with Crippen LogP contribution in [0.25, 0.3) is 0 Å². The Morgan fingerprint density at radius 3 is 2.30 bits per heavy atom. The molecule has 1 aliphatic heterocycles. The largest absolute Gasteiger partial charge is 0.483 e. The van der Waals surface area contributed by atoms with Crippen LogP contribution in [0.4, 0.5) is 10.1 Å². The number of nitrogens with zero attached hydrogens (tertiary/aromatic N) is 1. The number of carbonyl (C=O) groups excluding carboxylic acids is 3. The molecular formula is C23H17ClFNO4. The van der Waals surface area contributed by atoms with E-state index in [2.05, 4.69) is 0 Å². The van der Waals surface area contributed by atoms with Gasteiger partial charge < -0.3 is 4.74 Å². The van der Waals surface area contributed by atoms with Gasteiger partial charge in [0.15, 0.2) is 12.4 Å². The Morgan fingerprint density at radius 1 is 1.03 bits per heavy atom. The Balaban J connectivity index is 1.41. The lowest BCUT2D eigenvalue weighted by atomic mass is 9.85. The highest BCUT2D eigenvalue weighted by molar-refractivity contribution is 6.31. The van der Waals surface area contributed by atoms with E-state index >= 15 is 0 Å². The Hall–Kier alpha value is -2.99. The molecule has 2 aliphatic carbocycles. The van der Waals surface area contributed by atoms with E-state index in [-0.39, 0.29) is 59.3 Å². The average Bonchev–Trinajstić information content (AvgIpc) is 3.41. The number of halogens is 2. The Labute approximate surface area is 177 Å². The van der Waals surface area contributed by atoms with Crippen molar-refractivity contribution < 1.29 is 23.5 Å². The number of ether oxygens (including phenoxy) is 1. The lowest BCUT2D eigenvalue weighted by molar-refractivity contribution is -0.123. The van der Waals surface area contributed by atoms with Gasteiger partial charge in [-0.05, 0) is 60.7 Å². The van der Waals surface area contributed by atoms with Crippen LogP contribution in [-0.4, -0.2) is 24.2 Å². The number of allylic oxidation sites excluding steroid dienone is 2. The first-order chi connectivity index (χ1) is 14.4. The first-order valence-electron chi connectivity index (χ1n) is 9.71. The molecule has 2 aromatic rings. The SMILES string of the molecule is O=C(COc1ccc(Cl)cc1N1C(=O)[C@@H]2[C@@H](C1=O)[C@H]1C=C[C@H]2C1)c1ccc(F)cc1. The molecule has 1 saturated heterocycles. The van der Waals surface area contributed by atoms with Gasteiger partial charge in [-0.2, -0.15) is 0 Å². The van der Waals surface area contributed by atoms with Crippen LogP contribution in [0.1, 0.15) is 16.8 Å². The molecule has 1 heterocycles. The molecule has 152 valence electrons. The van der Waals surface area contributed by atoms with Crippen LogP contribution in [0.5, 0.6) is 5.75 Å². The topological polar surface area (TPSA) is 63.7 Å². The normalized spacial score (nSPS) is 26.4. The van der Waals surface area contributed by atoms with Crippen LogP contribution in [0, 0.1) is 29.5 Å². The highest BCUT2D eigenvalue weighted by atomic mass is 35.5. The zero-order chi connectivity index (χ0) is 21.0. The lowest BCUT2D eigenvalue weighted by Gasteiger charge is -2.21. The minimum atomic E-state index is -0.437. The van der Waals surface area contributed by atoms with Gasteiger partial charge in [0.05, 0.1) is 17.5 Å². The second-order valence-electron chi connectivity index (χ2n) is 7.84. The maximum Gasteiger partial charge on any atom is 0.238 e. The van der Waals surface area contributed by atoms with Crippen molar-refractivity contribution in [2.24, 2.45) is 23.7 Å². The van der Waals surface area contributed by atoms with Gasteiger partial charge in [0.25, 0.3) is 0 Å². The number of Topliss-reactive ketones (excluding diaryl/α,β-unsaturated/α-hetero) is 1. The van der Waals surface area contributed by atoms with Crippen molar-refractivity contribution in [1.82, 2.24) is 0 Å². The number of carbonyl (C=O) groups is 3. The van der Waals surface area contributed by atoms with Crippen molar-refractivity contribution in [3.05, 3.63) is 71.0 Å². The highest BCUT2D eigenvalue weighted by Crippen LogP contribution is 2.54. The number of hydrogen-bond donors (Lipinski definition) is 0. The van der Waals surface area contributed by atoms with Crippen molar-refractivity contribution in [3.63, 3.8) is 0 Å². The minimum Gasteiger partial charge on any atom is -0.483 e. The van der Waals surface area contributed by atoms with Crippen molar-refractivity contribution in [1.29, 1.82) is 0 Å². The third kappa shape index (κ3) is 2.94. The van der Waals surface area contributed by atoms with Crippen molar-refractivity contribution in [2.75, 3.05) is 11.5 Å². The predicted molar refractivity (Wildman–Crippen MR) is 108 cm³/mol. The monoisotopic (exact) mass is 425 g/mol. The molecule has 0 unspecified atom stereocenters. The molecule has 0 spiro atoms. The molecular weight excluding hydrogens is 409 g/mol. The van der Waals surface area contributed by atoms with E-state index in [9.17, 15) is 18.8 Å². The first-order valence-corrected chi connectivity index (χ1v) is 10.1. The standard InChI is InChI=1S/C23H17ClFNO4/c24-15-5-8-19(30-11-18(27)12-3-6-16(25)7-4-12)17(10-15)26-22(28)20-13-1-2-14(9-13)21(20)23(26)29/h1-8,10,13-14,20-21H,9,11H2/t13-,14-,20-,21-/m0/s1. The summed E-state index contributed by atoms with van der Waals surface area (Å²) in [4.78, 5) is 39.8. The fourth-order valence-corrected chi connectivity index (χ4v) is 4.96. The van der Waals surface area contributed by atoms with E-state index in [0.717, 1.165) is 11.3 Å². The van der Waals surface area contributed by atoms with E-state index in [4.69, 9.17) is 16.3 Å². The van der Waals surface area contributed by atoms with Crippen LogP contribution in [0.2, 0.25) is 5.02 Å². The number of fused-ring (bicyclic) bond motifs is 5. The summed E-state index contributed by atoms with van der Waals surface area (Å²) in [5.74, 6) is -1.59. The smallest absolute Gasteiger partial charge is 0.238 e. The van der Waals surface area contributed by atoms with Crippen molar-refractivity contribution >= 4 is 34.9 Å². The number of hydrogen-bond acceptors (Lipinski definition) is 4. The van der Waals surface area contributed by atoms with E-state index < -0.39 is 5.82 Å². The van der Waals surface area contributed by atoms with Crippen molar-refractivity contribution in [2.45, 2.75) is 6.42 Å². The average molecular weight is 426 g/mol. The quantitative estimate of drug-likeness (QED) is 0.412. The molecule has 30 heavy (non-hydrogen) atoms. The second kappa shape index (κ2) is 7.06. The number of imide groups is 1. The summed E-state index contributed by atoms with van der Waals surface area (Å²) in [5, 5.41) is 0.348. The molecule has 0 radical (unpaired) electrons. The van der Waals surface area contributed by atoms with Gasteiger partial charge >= 0.3 is 0 Å². The lowest BCUT2D eigenvalue weighted by Crippen LogP contribution is -2.33. The van der Waals surface area contributed by atoms with Gasteiger partial charge in [-0.3, -0.25) is 14.4 Å². The molecule has 2 aromatic carbocycles. The number of ketones is 1. The third-order valence-corrected chi connectivity index (χ3v) is 6.39. The van der Waals surface area contributed by atoms with Crippen LogP contribution in [0.3, 0.4) is 0 Å². The highest BCUT2D eigenvalue weighted by Gasteiger charge is 2.59. The summed E-state index contributed by atoms with van der Waals surface area (Å²) in [6, 6.07) is 9.76. The van der Waals surface area contributed by atoms with Gasteiger partial charge in [-0.25, -0.2) is 9.29 Å². The molecule has 5 rings (SSSR count). The number of benzene rings is 2. The van der Waals surface area contributed by atoms with E-state index in [1.54, 1.807) is 6.07 Å². The summed E-state index contributed by atoms with van der Waals surface area (Å²) >= 11 is 6.13.